The molecule has 0 saturated heterocycles. The van der Waals surface area contributed by atoms with Crippen LogP contribution in [0.25, 0.3) is 16.7 Å². The number of imidazole rings is 1. The molecule has 3 aromatic heterocycles. The van der Waals surface area contributed by atoms with Crippen molar-refractivity contribution in [2.45, 2.75) is 39.7 Å². The fourth-order valence-electron chi connectivity index (χ4n) is 3.55. The molecule has 0 radical (unpaired) electrons. The summed E-state index contributed by atoms with van der Waals surface area (Å²) >= 11 is 0. The van der Waals surface area contributed by atoms with Gasteiger partial charge in [0.15, 0.2) is 5.65 Å². The minimum atomic E-state index is -0.220. The molecule has 0 spiro atoms. The van der Waals surface area contributed by atoms with Gasteiger partial charge in [0.25, 0.3) is 0 Å². The number of hydrogen-bond acceptors (Lipinski definition) is 5. The van der Waals surface area contributed by atoms with Gasteiger partial charge >= 0.3 is 0 Å². The summed E-state index contributed by atoms with van der Waals surface area (Å²) in [4.78, 5) is 24.8. The van der Waals surface area contributed by atoms with Crippen LogP contribution in [0.4, 0.5) is 0 Å². The van der Waals surface area contributed by atoms with Crippen molar-refractivity contribution in [2.24, 2.45) is 0 Å². The summed E-state index contributed by atoms with van der Waals surface area (Å²) in [6.07, 6.45) is 2.38. The van der Waals surface area contributed by atoms with Gasteiger partial charge < -0.3 is 10.3 Å². The minimum absolute atomic E-state index is 0.0602. The molecule has 1 amide bonds. The van der Waals surface area contributed by atoms with Gasteiger partial charge in [-0.2, -0.15) is 10.4 Å². The van der Waals surface area contributed by atoms with E-state index in [9.17, 15) is 10.1 Å². The van der Waals surface area contributed by atoms with Gasteiger partial charge in [0, 0.05) is 17.8 Å². The second kappa shape index (κ2) is 7.36. The molecular formula is C21H21N7O. The number of aryl methyl sites for hydroxylation is 2. The first-order valence-electron chi connectivity index (χ1n) is 9.46. The second-order valence-corrected chi connectivity index (χ2v) is 7.10. The Bertz CT molecular complexity index is 1230. The predicted molar refractivity (Wildman–Crippen MR) is 108 cm³/mol. The maximum Gasteiger partial charge on any atom is 0.220 e. The monoisotopic (exact) mass is 387 g/mol. The van der Waals surface area contributed by atoms with Crippen LogP contribution in [0.5, 0.6) is 0 Å². The van der Waals surface area contributed by atoms with Gasteiger partial charge in [-0.15, -0.1) is 0 Å². The number of aromatic nitrogens is 5. The Morgan fingerprint density at radius 1 is 1.31 bits per heavy atom. The van der Waals surface area contributed by atoms with E-state index in [-0.39, 0.29) is 11.9 Å². The van der Waals surface area contributed by atoms with E-state index in [1.165, 1.54) is 6.20 Å². The number of hydrogen-bond donors (Lipinski definition) is 2. The van der Waals surface area contributed by atoms with Gasteiger partial charge in [-0.05, 0) is 44.9 Å². The number of nitrogens with zero attached hydrogens (tertiary/aromatic N) is 5. The molecular weight excluding hydrogens is 366 g/mol. The van der Waals surface area contributed by atoms with Crippen LogP contribution in [-0.4, -0.2) is 30.5 Å². The zero-order chi connectivity index (χ0) is 20.5. The molecule has 4 aromatic rings. The van der Waals surface area contributed by atoms with E-state index < -0.39 is 0 Å². The molecule has 0 aliphatic rings. The van der Waals surface area contributed by atoms with E-state index in [0.29, 0.717) is 24.1 Å². The van der Waals surface area contributed by atoms with Crippen LogP contribution in [0.2, 0.25) is 0 Å². The molecule has 3 heterocycles. The average Bonchev–Trinajstić information content (AvgIpc) is 3.31. The molecule has 2 N–H and O–H groups in total. The van der Waals surface area contributed by atoms with Crippen molar-refractivity contribution in [3.05, 3.63) is 58.8 Å². The highest BCUT2D eigenvalue weighted by atomic mass is 16.1. The summed E-state index contributed by atoms with van der Waals surface area (Å²) in [5.41, 5.74) is 5.50. The molecule has 29 heavy (non-hydrogen) atoms. The standard InChI is InChI=1S/C21H21N7O/c1-12-16(14(3)28-21(25-12)15(10-22)11-23-28)8-9-19(29)24-13(2)20-26-17-6-4-5-7-18(17)27-20/h4-7,11,13H,8-9H2,1-3H3,(H,24,29)(H,26,27). The lowest BCUT2D eigenvalue weighted by Crippen LogP contribution is -2.27. The Balaban J connectivity index is 1.46. The first-order chi connectivity index (χ1) is 14.0. The van der Waals surface area contributed by atoms with Crippen molar-refractivity contribution >= 4 is 22.6 Å². The molecule has 0 fully saturated rings. The van der Waals surface area contributed by atoms with Crippen LogP contribution in [0, 0.1) is 25.2 Å². The van der Waals surface area contributed by atoms with Gasteiger partial charge in [-0.25, -0.2) is 14.5 Å². The van der Waals surface area contributed by atoms with Crippen LogP contribution >= 0.6 is 0 Å². The maximum atomic E-state index is 12.5. The van der Waals surface area contributed by atoms with Crippen molar-refractivity contribution in [1.29, 1.82) is 5.26 Å². The molecule has 4 rings (SSSR count). The topological polar surface area (TPSA) is 112 Å². The molecule has 1 unspecified atom stereocenters. The Hall–Kier alpha value is -3.73. The van der Waals surface area contributed by atoms with Crippen molar-refractivity contribution in [3.8, 4) is 6.07 Å². The van der Waals surface area contributed by atoms with E-state index in [1.807, 2.05) is 45.0 Å². The lowest BCUT2D eigenvalue weighted by atomic mass is 10.1. The largest absolute Gasteiger partial charge is 0.346 e. The van der Waals surface area contributed by atoms with Crippen LogP contribution in [0.15, 0.2) is 30.5 Å². The summed E-state index contributed by atoms with van der Waals surface area (Å²) in [7, 11) is 0. The van der Waals surface area contributed by atoms with Gasteiger partial charge in [-0.3, -0.25) is 4.79 Å². The summed E-state index contributed by atoms with van der Waals surface area (Å²) in [5, 5.41) is 16.4. The van der Waals surface area contributed by atoms with E-state index in [0.717, 1.165) is 33.8 Å². The number of nitriles is 1. The summed E-state index contributed by atoms with van der Waals surface area (Å²) in [5.74, 6) is 0.672. The zero-order valence-electron chi connectivity index (χ0n) is 16.5. The number of amides is 1. The number of H-pyrrole nitrogens is 1. The van der Waals surface area contributed by atoms with Gasteiger partial charge in [0.05, 0.1) is 23.3 Å². The molecule has 0 aliphatic carbocycles. The predicted octanol–water partition coefficient (Wildman–Crippen LogP) is 2.90. The fourth-order valence-corrected chi connectivity index (χ4v) is 3.55. The number of carbonyl (C=O) groups excluding carboxylic acids is 1. The minimum Gasteiger partial charge on any atom is -0.346 e. The van der Waals surface area contributed by atoms with Crippen molar-refractivity contribution in [3.63, 3.8) is 0 Å². The normalized spacial score (nSPS) is 12.2. The second-order valence-electron chi connectivity index (χ2n) is 7.10. The Morgan fingerprint density at radius 2 is 2.10 bits per heavy atom. The van der Waals surface area contributed by atoms with Crippen LogP contribution in [0.3, 0.4) is 0 Å². The first kappa shape index (κ1) is 18.6. The maximum absolute atomic E-state index is 12.5. The average molecular weight is 387 g/mol. The van der Waals surface area contributed by atoms with Gasteiger partial charge in [-0.1, -0.05) is 12.1 Å². The van der Waals surface area contributed by atoms with Crippen molar-refractivity contribution < 1.29 is 4.79 Å². The van der Waals surface area contributed by atoms with E-state index in [4.69, 9.17) is 0 Å². The molecule has 8 nitrogen and oxygen atoms in total. The van der Waals surface area contributed by atoms with Crippen molar-refractivity contribution in [1.82, 2.24) is 29.9 Å². The SMILES string of the molecule is Cc1nc2c(C#N)cnn2c(C)c1CCC(=O)NC(C)c1nc2ccccc2[nH]1. The Labute approximate surface area is 167 Å². The number of fused-ring (bicyclic) bond motifs is 2. The quantitative estimate of drug-likeness (QED) is 0.547. The van der Waals surface area contributed by atoms with E-state index >= 15 is 0 Å². The Morgan fingerprint density at radius 3 is 2.86 bits per heavy atom. The number of aromatic amines is 1. The number of carbonyl (C=O) groups is 1. The summed E-state index contributed by atoms with van der Waals surface area (Å²) < 4.78 is 1.66. The fraction of sp³-hybridized carbons (Fsp3) is 0.286. The van der Waals surface area contributed by atoms with Gasteiger partial charge in [0.2, 0.25) is 5.91 Å². The number of para-hydroxylation sites is 2. The van der Waals surface area contributed by atoms with E-state index in [2.05, 4.69) is 31.4 Å². The summed E-state index contributed by atoms with van der Waals surface area (Å²) in [6, 6.07) is 9.66. The van der Waals surface area contributed by atoms with Crippen molar-refractivity contribution in [2.75, 3.05) is 0 Å². The van der Waals surface area contributed by atoms with Gasteiger partial charge in [0.1, 0.15) is 17.5 Å². The van der Waals surface area contributed by atoms with Crippen LogP contribution < -0.4 is 5.32 Å². The summed E-state index contributed by atoms with van der Waals surface area (Å²) in [6.45, 7) is 5.73. The smallest absolute Gasteiger partial charge is 0.220 e. The third-order valence-corrected chi connectivity index (χ3v) is 5.13. The highest BCUT2D eigenvalue weighted by Crippen LogP contribution is 2.19. The molecule has 8 heteroatoms. The van der Waals surface area contributed by atoms with Crippen LogP contribution in [0.1, 0.15) is 47.7 Å². The lowest BCUT2D eigenvalue weighted by molar-refractivity contribution is -0.121. The number of rotatable bonds is 5. The lowest BCUT2D eigenvalue weighted by Gasteiger charge is -2.13. The molecule has 0 bridgehead atoms. The third-order valence-electron chi connectivity index (χ3n) is 5.13. The van der Waals surface area contributed by atoms with E-state index in [1.54, 1.807) is 4.52 Å². The molecule has 0 aliphatic heterocycles. The highest BCUT2D eigenvalue weighted by Gasteiger charge is 2.17. The molecule has 0 saturated carbocycles. The third kappa shape index (κ3) is 3.43. The van der Waals surface area contributed by atoms with Crippen LogP contribution in [-0.2, 0) is 11.2 Å². The molecule has 146 valence electrons. The Kier molecular flexibility index (Phi) is 4.72. The first-order valence-corrected chi connectivity index (χ1v) is 9.46. The molecule has 1 aromatic carbocycles. The number of nitrogens with one attached hydrogen (secondary N) is 2. The number of benzene rings is 1. The molecule has 1 atom stereocenters. The highest BCUT2D eigenvalue weighted by molar-refractivity contribution is 5.77. The zero-order valence-corrected chi connectivity index (χ0v) is 16.5.